The van der Waals surface area contributed by atoms with E-state index in [0.29, 0.717) is 11.6 Å². The van der Waals surface area contributed by atoms with Crippen LogP contribution in [0.5, 0.6) is 0 Å². The fourth-order valence-electron chi connectivity index (χ4n) is 3.16. The molecule has 3 heteroatoms. The molecule has 1 aliphatic rings. The average molecular weight is 275 g/mol. The van der Waals surface area contributed by atoms with E-state index in [-0.39, 0.29) is 0 Å². The minimum Gasteiger partial charge on any atom is -0.478 e. The van der Waals surface area contributed by atoms with Gasteiger partial charge in [-0.2, -0.15) is 0 Å². The summed E-state index contributed by atoms with van der Waals surface area (Å²) in [6, 6.07) is 6.17. The number of hydrogen-bond donors (Lipinski definition) is 1. The van der Waals surface area contributed by atoms with Crippen molar-refractivity contribution in [1.29, 1.82) is 0 Å². The van der Waals surface area contributed by atoms with Crippen LogP contribution in [-0.4, -0.2) is 23.7 Å². The Bertz CT molecular complexity index is 470. The lowest BCUT2D eigenvalue weighted by Crippen LogP contribution is -2.37. The lowest BCUT2D eigenvalue weighted by atomic mass is 9.94. The van der Waals surface area contributed by atoms with Gasteiger partial charge in [-0.3, -0.25) is 0 Å². The van der Waals surface area contributed by atoms with Gasteiger partial charge in [0.15, 0.2) is 0 Å². The highest BCUT2D eigenvalue weighted by atomic mass is 16.4. The van der Waals surface area contributed by atoms with Gasteiger partial charge < -0.3 is 10.0 Å². The Hall–Kier alpha value is -1.51. The maximum atomic E-state index is 11.3. The topological polar surface area (TPSA) is 40.5 Å². The highest BCUT2D eigenvalue weighted by Crippen LogP contribution is 2.32. The van der Waals surface area contributed by atoms with Crippen molar-refractivity contribution in [1.82, 2.24) is 0 Å². The number of carboxylic acid groups (broad SMARTS) is 1. The number of benzene rings is 1. The fourth-order valence-corrected chi connectivity index (χ4v) is 3.16. The molecular formula is C17H25NO2. The summed E-state index contributed by atoms with van der Waals surface area (Å²) in [6.07, 6.45) is 6.89. The summed E-state index contributed by atoms with van der Waals surface area (Å²) in [5.74, 6) is -0.803. The Labute approximate surface area is 121 Å². The van der Waals surface area contributed by atoms with Gasteiger partial charge in [0.25, 0.3) is 0 Å². The van der Waals surface area contributed by atoms with Gasteiger partial charge in [-0.1, -0.05) is 32.3 Å². The first-order chi connectivity index (χ1) is 9.65. The van der Waals surface area contributed by atoms with E-state index in [1.54, 1.807) is 6.07 Å². The monoisotopic (exact) mass is 275 g/mol. The second kappa shape index (κ2) is 6.78. The fraction of sp³-hybridized carbons (Fsp3) is 0.588. The van der Waals surface area contributed by atoms with Crippen LogP contribution in [0.1, 0.15) is 61.9 Å². The van der Waals surface area contributed by atoms with E-state index < -0.39 is 5.97 Å². The molecule has 0 aliphatic carbocycles. The summed E-state index contributed by atoms with van der Waals surface area (Å²) < 4.78 is 0. The van der Waals surface area contributed by atoms with Crippen LogP contribution in [-0.2, 0) is 6.42 Å². The van der Waals surface area contributed by atoms with Crippen LogP contribution in [0.3, 0.4) is 0 Å². The van der Waals surface area contributed by atoms with Crippen LogP contribution < -0.4 is 4.90 Å². The van der Waals surface area contributed by atoms with Crippen LogP contribution in [0.2, 0.25) is 0 Å². The summed E-state index contributed by atoms with van der Waals surface area (Å²) in [7, 11) is 0. The van der Waals surface area contributed by atoms with Gasteiger partial charge in [0, 0.05) is 18.3 Å². The molecule has 0 aromatic heterocycles. The van der Waals surface area contributed by atoms with Crippen LogP contribution in [0.15, 0.2) is 18.2 Å². The summed E-state index contributed by atoms with van der Waals surface area (Å²) in [5, 5.41) is 9.32. The Morgan fingerprint density at radius 2 is 2.20 bits per heavy atom. The Balaban J connectivity index is 2.20. The van der Waals surface area contributed by atoms with Crippen molar-refractivity contribution in [3.8, 4) is 0 Å². The summed E-state index contributed by atoms with van der Waals surface area (Å²) in [5.41, 5.74) is 2.64. The number of carbonyl (C=O) groups is 1. The molecule has 0 spiro atoms. The van der Waals surface area contributed by atoms with Gasteiger partial charge in [-0.05, 0) is 43.9 Å². The summed E-state index contributed by atoms with van der Waals surface area (Å²) in [6.45, 7) is 5.53. The van der Waals surface area contributed by atoms with Gasteiger partial charge in [-0.25, -0.2) is 4.79 Å². The lowest BCUT2D eigenvalue weighted by molar-refractivity contribution is 0.0695. The highest BCUT2D eigenvalue weighted by molar-refractivity contribution is 5.91. The third kappa shape index (κ3) is 3.14. The zero-order chi connectivity index (χ0) is 14.5. The SMILES string of the molecule is CCCCCC(C)N1CCCc2c(C(=O)O)cccc21. The predicted molar refractivity (Wildman–Crippen MR) is 82.7 cm³/mol. The molecule has 20 heavy (non-hydrogen) atoms. The van der Waals surface area contributed by atoms with Crippen molar-refractivity contribution < 1.29 is 9.90 Å². The number of carboxylic acids is 1. The molecule has 110 valence electrons. The molecule has 0 fully saturated rings. The first-order valence-corrected chi connectivity index (χ1v) is 7.77. The van der Waals surface area contributed by atoms with E-state index >= 15 is 0 Å². The molecule has 0 bridgehead atoms. The van der Waals surface area contributed by atoms with Gasteiger partial charge >= 0.3 is 5.97 Å². The van der Waals surface area contributed by atoms with Crippen molar-refractivity contribution in [2.75, 3.05) is 11.4 Å². The van der Waals surface area contributed by atoms with Gasteiger partial charge in [-0.15, -0.1) is 0 Å². The third-order valence-electron chi connectivity index (χ3n) is 4.27. The van der Waals surface area contributed by atoms with Crippen molar-refractivity contribution in [3.63, 3.8) is 0 Å². The minimum absolute atomic E-state index is 0.480. The molecule has 1 aromatic rings. The summed E-state index contributed by atoms with van der Waals surface area (Å²) in [4.78, 5) is 13.7. The second-order valence-electron chi connectivity index (χ2n) is 5.75. The Morgan fingerprint density at radius 1 is 1.40 bits per heavy atom. The maximum absolute atomic E-state index is 11.3. The predicted octanol–water partition coefficient (Wildman–Crippen LogP) is 4.11. The first kappa shape index (κ1) is 14.9. The Kier molecular flexibility index (Phi) is 5.05. The van der Waals surface area contributed by atoms with Crippen LogP contribution in [0.25, 0.3) is 0 Å². The standard InChI is InChI=1S/C17H25NO2/c1-3-4-5-8-13(2)18-12-7-10-14-15(17(19)20)9-6-11-16(14)18/h6,9,11,13H,3-5,7-8,10,12H2,1-2H3,(H,19,20). The zero-order valence-electron chi connectivity index (χ0n) is 12.6. The number of hydrogen-bond acceptors (Lipinski definition) is 2. The molecular weight excluding hydrogens is 250 g/mol. The van der Waals surface area contributed by atoms with E-state index in [0.717, 1.165) is 30.6 Å². The van der Waals surface area contributed by atoms with E-state index in [2.05, 4.69) is 24.8 Å². The highest BCUT2D eigenvalue weighted by Gasteiger charge is 2.24. The van der Waals surface area contributed by atoms with E-state index in [4.69, 9.17) is 0 Å². The quantitative estimate of drug-likeness (QED) is 0.794. The van der Waals surface area contributed by atoms with Crippen LogP contribution >= 0.6 is 0 Å². The van der Waals surface area contributed by atoms with Crippen LogP contribution in [0.4, 0.5) is 5.69 Å². The van der Waals surface area contributed by atoms with E-state index in [9.17, 15) is 9.90 Å². The normalized spacial score (nSPS) is 15.8. The number of rotatable bonds is 6. The van der Waals surface area contributed by atoms with Gasteiger partial charge in [0.05, 0.1) is 5.56 Å². The van der Waals surface area contributed by atoms with Crippen LogP contribution in [0, 0.1) is 0 Å². The molecule has 0 amide bonds. The Morgan fingerprint density at radius 3 is 2.90 bits per heavy atom. The first-order valence-electron chi connectivity index (χ1n) is 7.77. The molecule has 1 unspecified atom stereocenters. The molecule has 1 heterocycles. The van der Waals surface area contributed by atoms with Crippen molar-refractivity contribution in [2.45, 2.75) is 58.4 Å². The average Bonchev–Trinajstić information content (AvgIpc) is 2.46. The van der Waals surface area contributed by atoms with Crippen molar-refractivity contribution >= 4 is 11.7 Å². The van der Waals surface area contributed by atoms with Gasteiger partial charge in [0.1, 0.15) is 0 Å². The minimum atomic E-state index is -0.803. The number of nitrogens with zero attached hydrogens (tertiary/aromatic N) is 1. The molecule has 0 saturated carbocycles. The molecule has 0 saturated heterocycles. The molecule has 1 atom stereocenters. The smallest absolute Gasteiger partial charge is 0.336 e. The van der Waals surface area contributed by atoms with Gasteiger partial charge in [0.2, 0.25) is 0 Å². The molecule has 1 aromatic carbocycles. The molecule has 0 radical (unpaired) electrons. The molecule has 1 aliphatic heterocycles. The lowest BCUT2D eigenvalue weighted by Gasteiger charge is -2.37. The maximum Gasteiger partial charge on any atom is 0.336 e. The number of fused-ring (bicyclic) bond motifs is 1. The molecule has 2 rings (SSSR count). The zero-order valence-corrected chi connectivity index (χ0v) is 12.6. The number of unbranched alkanes of at least 4 members (excludes halogenated alkanes) is 2. The van der Waals surface area contributed by atoms with E-state index in [1.165, 1.54) is 25.7 Å². The molecule has 3 nitrogen and oxygen atoms in total. The number of anilines is 1. The second-order valence-corrected chi connectivity index (χ2v) is 5.75. The largest absolute Gasteiger partial charge is 0.478 e. The summed E-state index contributed by atoms with van der Waals surface area (Å²) >= 11 is 0. The van der Waals surface area contributed by atoms with Crippen molar-refractivity contribution in [3.05, 3.63) is 29.3 Å². The third-order valence-corrected chi connectivity index (χ3v) is 4.27. The van der Waals surface area contributed by atoms with E-state index in [1.807, 2.05) is 6.07 Å². The molecule has 1 N–H and O–H groups in total. The van der Waals surface area contributed by atoms with Crippen molar-refractivity contribution in [2.24, 2.45) is 0 Å². The number of aromatic carboxylic acids is 1.